The summed E-state index contributed by atoms with van der Waals surface area (Å²) in [4.78, 5) is 7.45. The van der Waals surface area contributed by atoms with Crippen molar-refractivity contribution in [3.63, 3.8) is 0 Å². The lowest BCUT2D eigenvalue weighted by Crippen LogP contribution is -2.43. The number of nitrogens with two attached hydrogens (primary N) is 1. The van der Waals surface area contributed by atoms with Crippen LogP contribution in [-0.2, 0) is 7.05 Å². The zero-order valence-corrected chi connectivity index (χ0v) is 18.1. The second kappa shape index (κ2) is 8.91. The molecule has 2 saturated carbocycles. The number of rotatable bonds is 5. The molecule has 146 valence electrons. The molecule has 3 N–H and O–H groups in total. The highest BCUT2D eigenvalue weighted by molar-refractivity contribution is 14.0. The van der Waals surface area contributed by atoms with Crippen LogP contribution in [0.15, 0.2) is 17.3 Å². The minimum absolute atomic E-state index is 0. The van der Waals surface area contributed by atoms with Crippen LogP contribution in [0.2, 0.25) is 0 Å². The molecule has 1 aromatic heterocycles. The van der Waals surface area contributed by atoms with Gasteiger partial charge in [-0.3, -0.25) is 14.6 Å². The molecule has 0 aromatic carbocycles. The van der Waals surface area contributed by atoms with Crippen LogP contribution < -0.4 is 11.1 Å². The molecule has 3 aliphatic rings. The molecule has 0 bridgehead atoms. The second-order valence-electron chi connectivity index (χ2n) is 8.05. The summed E-state index contributed by atoms with van der Waals surface area (Å²) in [6.07, 6.45) is 12.2. The lowest BCUT2D eigenvalue weighted by Gasteiger charge is -2.41. The minimum Gasteiger partial charge on any atom is -0.370 e. The van der Waals surface area contributed by atoms with Gasteiger partial charge in [-0.15, -0.1) is 24.0 Å². The van der Waals surface area contributed by atoms with E-state index in [1.54, 1.807) is 0 Å². The Kier molecular flexibility index (Phi) is 6.82. The number of hydrogen-bond acceptors (Lipinski definition) is 3. The number of aromatic nitrogens is 2. The number of aryl methyl sites for hydroxylation is 1. The largest absolute Gasteiger partial charge is 0.370 e. The summed E-state index contributed by atoms with van der Waals surface area (Å²) < 4.78 is 2.04. The molecule has 2 heterocycles. The third kappa shape index (κ3) is 4.52. The number of piperidine rings is 1. The molecule has 7 heteroatoms. The van der Waals surface area contributed by atoms with Crippen molar-refractivity contribution in [1.82, 2.24) is 20.0 Å². The highest BCUT2D eigenvalue weighted by Crippen LogP contribution is 2.42. The van der Waals surface area contributed by atoms with Crippen LogP contribution in [0.4, 0.5) is 0 Å². The monoisotopic (exact) mass is 472 g/mol. The first kappa shape index (κ1) is 19.9. The van der Waals surface area contributed by atoms with Crippen LogP contribution in [0.1, 0.15) is 63.1 Å². The van der Waals surface area contributed by atoms with Crippen molar-refractivity contribution in [3.8, 4) is 0 Å². The van der Waals surface area contributed by atoms with Crippen molar-refractivity contribution >= 4 is 29.9 Å². The summed E-state index contributed by atoms with van der Waals surface area (Å²) in [6, 6.07) is 3.91. The number of halogens is 1. The van der Waals surface area contributed by atoms with Crippen LogP contribution in [0.25, 0.3) is 0 Å². The first-order valence-corrected chi connectivity index (χ1v) is 10.0. The molecule has 26 heavy (non-hydrogen) atoms. The maximum absolute atomic E-state index is 6.18. The Morgan fingerprint density at radius 2 is 2.00 bits per heavy atom. The SMILES string of the molecule is Cn1nccc1[C@H]1[C@H](CN=C(N)NC2CCCC2)CCCN1C1CC1.I. The maximum atomic E-state index is 6.18. The highest BCUT2D eigenvalue weighted by atomic mass is 127. The van der Waals surface area contributed by atoms with E-state index in [9.17, 15) is 0 Å². The molecule has 3 fully saturated rings. The summed E-state index contributed by atoms with van der Waals surface area (Å²) in [5, 5.41) is 7.84. The Balaban J connectivity index is 0.00000196. The molecule has 1 aromatic rings. The van der Waals surface area contributed by atoms with Crippen LogP contribution in [0, 0.1) is 5.92 Å². The van der Waals surface area contributed by atoms with Gasteiger partial charge in [0.2, 0.25) is 0 Å². The van der Waals surface area contributed by atoms with E-state index in [4.69, 9.17) is 10.7 Å². The predicted molar refractivity (Wildman–Crippen MR) is 116 cm³/mol. The number of nitrogens with zero attached hydrogens (tertiary/aromatic N) is 4. The molecule has 1 saturated heterocycles. The fourth-order valence-corrected chi connectivity index (χ4v) is 4.74. The van der Waals surface area contributed by atoms with Gasteiger partial charge in [0.15, 0.2) is 5.96 Å². The Morgan fingerprint density at radius 3 is 2.65 bits per heavy atom. The zero-order valence-electron chi connectivity index (χ0n) is 15.8. The molecule has 1 aliphatic heterocycles. The predicted octanol–water partition coefficient (Wildman–Crippen LogP) is 2.80. The van der Waals surface area contributed by atoms with E-state index in [0.717, 1.165) is 12.6 Å². The van der Waals surface area contributed by atoms with Gasteiger partial charge in [-0.05, 0) is 57.1 Å². The number of guanidine groups is 1. The summed E-state index contributed by atoms with van der Waals surface area (Å²) in [6.45, 7) is 2.02. The van der Waals surface area contributed by atoms with Gasteiger partial charge in [0, 0.05) is 31.9 Å². The van der Waals surface area contributed by atoms with Gasteiger partial charge in [0.1, 0.15) is 0 Å². The molecule has 0 amide bonds. The van der Waals surface area contributed by atoms with Crippen molar-refractivity contribution in [2.75, 3.05) is 13.1 Å². The van der Waals surface area contributed by atoms with Gasteiger partial charge in [0.25, 0.3) is 0 Å². The van der Waals surface area contributed by atoms with Crippen molar-refractivity contribution < 1.29 is 0 Å². The van der Waals surface area contributed by atoms with Crippen molar-refractivity contribution in [1.29, 1.82) is 0 Å². The molecule has 0 unspecified atom stereocenters. The van der Waals surface area contributed by atoms with Crippen LogP contribution in [0.3, 0.4) is 0 Å². The van der Waals surface area contributed by atoms with Gasteiger partial charge >= 0.3 is 0 Å². The van der Waals surface area contributed by atoms with E-state index < -0.39 is 0 Å². The summed E-state index contributed by atoms with van der Waals surface area (Å²) in [7, 11) is 2.06. The van der Waals surface area contributed by atoms with E-state index in [1.165, 1.54) is 63.6 Å². The van der Waals surface area contributed by atoms with Crippen molar-refractivity contribution in [3.05, 3.63) is 18.0 Å². The average molecular weight is 472 g/mol. The Hall–Kier alpha value is -0.830. The number of hydrogen-bond donors (Lipinski definition) is 2. The highest BCUT2D eigenvalue weighted by Gasteiger charge is 2.41. The Labute approximate surface area is 174 Å². The standard InChI is InChI=1S/C19H32N6.HI/c1-24-17(10-11-22-24)18-14(5-4-12-25(18)16-8-9-16)13-21-19(20)23-15-6-2-3-7-15;/h10-11,14-16,18H,2-9,12-13H2,1H3,(H3,20,21,23);1H/t14-,18+;/m0./s1. The topological polar surface area (TPSA) is 71.5 Å². The zero-order chi connectivity index (χ0) is 17.2. The van der Waals surface area contributed by atoms with Gasteiger partial charge in [-0.2, -0.15) is 5.10 Å². The van der Waals surface area contributed by atoms with Crippen LogP contribution in [-0.4, -0.2) is 45.8 Å². The molecular weight excluding hydrogens is 439 g/mol. The van der Waals surface area contributed by atoms with Gasteiger partial charge in [0.05, 0.1) is 11.7 Å². The number of aliphatic imine (C=N–C) groups is 1. The third-order valence-corrected chi connectivity index (χ3v) is 6.18. The molecule has 2 atom stereocenters. The van der Waals surface area contributed by atoms with E-state index >= 15 is 0 Å². The number of nitrogens with one attached hydrogen (secondary N) is 1. The fraction of sp³-hybridized carbons (Fsp3) is 0.789. The quantitative estimate of drug-likeness (QED) is 0.393. The van der Waals surface area contributed by atoms with Crippen LogP contribution in [0.5, 0.6) is 0 Å². The van der Waals surface area contributed by atoms with Gasteiger partial charge in [-0.1, -0.05) is 12.8 Å². The smallest absolute Gasteiger partial charge is 0.188 e. The summed E-state index contributed by atoms with van der Waals surface area (Å²) >= 11 is 0. The fourth-order valence-electron chi connectivity index (χ4n) is 4.74. The van der Waals surface area contributed by atoms with Crippen molar-refractivity contribution in [2.24, 2.45) is 23.7 Å². The lowest BCUT2D eigenvalue weighted by molar-refractivity contribution is 0.0824. The minimum atomic E-state index is 0. The molecule has 0 radical (unpaired) electrons. The van der Waals surface area contributed by atoms with Gasteiger partial charge in [-0.25, -0.2) is 0 Å². The third-order valence-electron chi connectivity index (χ3n) is 6.18. The first-order valence-electron chi connectivity index (χ1n) is 10.0. The molecule has 0 spiro atoms. The summed E-state index contributed by atoms with van der Waals surface area (Å²) in [5.74, 6) is 1.16. The molecule has 6 nitrogen and oxygen atoms in total. The second-order valence-corrected chi connectivity index (χ2v) is 8.05. The van der Waals surface area contributed by atoms with Crippen LogP contribution >= 0.6 is 24.0 Å². The van der Waals surface area contributed by atoms with E-state index in [1.807, 2.05) is 10.9 Å². The normalized spacial score (nSPS) is 28.1. The van der Waals surface area contributed by atoms with Crippen molar-refractivity contribution in [2.45, 2.75) is 69.5 Å². The number of likely N-dealkylation sites (tertiary alicyclic amines) is 1. The Morgan fingerprint density at radius 1 is 1.23 bits per heavy atom. The molecule has 4 rings (SSSR count). The summed E-state index contributed by atoms with van der Waals surface area (Å²) in [5.41, 5.74) is 7.51. The van der Waals surface area contributed by atoms with E-state index in [2.05, 4.69) is 28.4 Å². The molecular formula is C19H33IN6. The molecule has 2 aliphatic carbocycles. The maximum Gasteiger partial charge on any atom is 0.188 e. The first-order chi connectivity index (χ1) is 12.2. The van der Waals surface area contributed by atoms with E-state index in [-0.39, 0.29) is 24.0 Å². The Bertz CT molecular complexity index is 605. The van der Waals surface area contributed by atoms with Gasteiger partial charge < -0.3 is 11.1 Å². The lowest BCUT2D eigenvalue weighted by atomic mass is 9.86. The van der Waals surface area contributed by atoms with E-state index in [0.29, 0.717) is 24.0 Å². The average Bonchev–Trinajstić information content (AvgIpc) is 3.18.